The number of anilines is 1. The maximum Gasteiger partial charge on any atom is 0.0768 e. The molecule has 2 N–H and O–H groups in total. The standard InChI is InChI=1S/C25H24N2/c1-17-13-18(2)15-21(14-17)27-25(20-9-5-4-6-10-20)19(3)23-16-26-24-12-8-7-11-22(23)24/h4-16,25-27H,3H2,1-2H3. The lowest BCUT2D eigenvalue weighted by atomic mass is 9.93. The predicted molar refractivity (Wildman–Crippen MR) is 116 cm³/mol. The highest BCUT2D eigenvalue weighted by atomic mass is 14.9. The lowest BCUT2D eigenvalue weighted by molar-refractivity contribution is 1.01. The van der Waals surface area contributed by atoms with Crippen LogP contribution in [0.25, 0.3) is 16.5 Å². The highest BCUT2D eigenvalue weighted by Gasteiger charge is 2.19. The van der Waals surface area contributed by atoms with Crippen LogP contribution in [-0.4, -0.2) is 4.98 Å². The topological polar surface area (TPSA) is 27.8 Å². The van der Waals surface area contributed by atoms with E-state index in [-0.39, 0.29) is 6.04 Å². The van der Waals surface area contributed by atoms with Gasteiger partial charge in [0.25, 0.3) is 0 Å². The van der Waals surface area contributed by atoms with E-state index in [0.29, 0.717) is 0 Å². The molecule has 1 heterocycles. The van der Waals surface area contributed by atoms with Crippen LogP contribution in [0.1, 0.15) is 28.3 Å². The average Bonchev–Trinajstić information content (AvgIpc) is 3.10. The summed E-state index contributed by atoms with van der Waals surface area (Å²) in [5.41, 5.74) is 8.15. The van der Waals surface area contributed by atoms with E-state index in [4.69, 9.17) is 0 Å². The number of nitrogens with one attached hydrogen (secondary N) is 2. The van der Waals surface area contributed by atoms with E-state index >= 15 is 0 Å². The van der Waals surface area contributed by atoms with Gasteiger partial charge in [0, 0.05) is 28.4 Å². The smallest absolute Gasteiger partial charge is 0.0768 e. The monoisotopic (exact) mass is 352 g/mol. The average molecular weight is 352 g/mol. The molecule has 0 aliphatic carbocycles. The fourth-order valence-electron chi connectivity index (χ4n) is 3.73. The van der Waals surface area contributed by atoms with Crippen LogP contribution < -0.4 is 5.32 Å². The van der Waals surface area contributed by atoms with Gasteiger partial charge in [0.1, 0.15) is 0 Å². The molecule has 0 amide bonds. The highest BCUT2D eigenvalue weighted by Crippen LogP contribution is 2.35. The third-order valence-electron chi connectivity index (χ3n) is 4.95. The van der Waals surface area contributed by atoms with Gasteiger partial charge in [-0.15, -0.1) is 0 Å². The minimum Gasteiger partial charge on any atom is -0.374 e. The molecule has 0 saturated heterocycles. The Hall–Kier alpha value is -3.26. The van der Waals surface area contributed by atoms with Crippen molar-refractivity contribution in [3.8, 4) is 0 Å². The number of aromatic nitrogens is 1. The summed E-state index contributed by atoms with van der Waals surface area (Å²) in [5, 5.41) is 4.92. The molecule has 0 radical (unpaired) electrons. The molecule has 0 bridgehead atoms. The van der Waals surface area contributed by atoms with Crippen LogP contribution in [0.2, 0.25) is 0 Å². The van der Waals surface area contributed by atoms with Crippen LogP contribution in [0.5, 0.6) is 0 Å². The zero-order valence-electron chi connectivity index (χ0n) is 15.8. The van der Waals surface area contributed by atoms with E-state index in [1.165, 1.54) is 22.1 Å². The fourth-order valence-corrected chi connectivity index (χ4v) is 3.73. The first-order chi connectivity index (χ1) is 13.1. The zero-order valence-corrected chi connectivity index (χ0v) is 15.8. The van der Waals surface area contributed by atoms with E-state index in [9.17, 15) is 0 Å². The minimum absolute atomic E-state index is 0.00777. The Morgan fingerprint density at radius 3 is 2.30 bits per heavy atom. The number of aromatic amines is 1. The maximum absolute atomic E-state index is 4.48. The third-order valence-corrected chi connectivity index (χ3v) is 4.95. The summed E-state index contributed by atoms with van der Waals surface area (Å²) in [6.45, 7) is 8.74. The number of hydrogen-bond acceptors (Lipinski definition) is 1. The molecule has 0 saturated carbocycles. The Bertz CT molecular complexity index is 1070. The van der Waals surface area contributed by atoms with Gasteiger partial charge in [-0.05, 0) is 54.3 Å². The second-order valence-electron chi connectivity index (χ2n) is 7.14. The van der Waals surface area contributed by atoms with Crippen molar-refractivity contribution in [2.24, 2.45) is 0 Å². The van der Waals surface area contributed by atoms with Gasteiger partial charge in [0.2, 0.25) is 0 Å². The molecule has 0 aliphatic heterocycles. The minimum atomic E-state index is -0.00777. The van der Waals surface area contributed by atoms with Crippen LogP contribution >= 0.6 is 0 Å². The molecule has 134 valence electrons. The van der Waals surface area contributed by atoms with Crippen molar-refractivity contribution >= 4 is 22.2 Å². The van der Waals surface area contributed by atoms with Gasteiger partial charge in [0.15, 0.2) is 0 Å². The van der Waals surface area contributed by atoms with Crippen LogP contribution in [0, 0.1) is 13.8 Å². The summed E-state index contributed by atoms with van der Waals surface area (Å²) in [4.78, 5) is 3.37. The number of hydrogen-bond donors (Lipinski definition) is 2. The van der Waals surface area contributed by atoms with Gasteiger partial charge >= 0.3 is 0 Å². The molecule has 0 fully saturated rings. The van der Waals surface area contributed by atoms with Crippen molar-refractivity contribution in [1.29, 1.82) is 0 Å². The quantitative estimate of drug-likeness (QED) is 0.413. The maximum atomic E-state index is 4.48. The highest BCUT2D eigenvalue weighted by molar-refractivity contribution is 5.93. The van der Waals surface area contributed by atoms with Gasteiger partial charge in [0.05, 0.1) is 6.04 Å². The number of aryl methyl sites for hydroxylation is 2. The summed E-state index contributed by atoms with van der Waals surface area (Å²) >= 11 is 0. The van der Waals surface area contributed by atoms with Crippen molar-refractivity contribution < 1.29 is 0 Å². The van der Waals surface area contributed by atoms with Gasteiger partial charge < -0.3 is 10.3 Å². The summed E-state index contributed by atoms with van der Waals surface area (Å²) < 4.78 is 0. The molecule has 27 heavy (non-hydrogen) atoms. The predicted octanol–water partition coefficient (Wildman–Crippen LogP) is 6.65. The lowest BCUT2D eigenvalue weighted by Crippen LogP contribution is -2.12. The number of fused-ring (bicyclic) bond motifs is 1. The molecule has 4 rings (SSSR count). The Morgan fingerprint density at radius 2 is 1.56 bits per heavy atom. The molecule has 1 aromatic heterocycles. The number of para-hydroxylation sites is 1. The van der Waals surface area contributed by atoms with Crippen LogP contribution in [0.3, 0.4) is 0 Å². The van der Waals surface area contributed by atoms with Crippen LogP contribution in [0.15, 0.2) is 85.6 Å². The fraction of sp³-hybridized carbons (Fsp3) is 0.120. The SMILES string of the molecule is C=C(c1c[nH]c2ccccc12)C(Nc1cc(C)cc(C)c1)c1ccccc1. The van der Waals surface area contributed by atoms with Crippen molar-refractivity contribution in [1.82, 2.24) is 4.98 Å². The lowest BCUT2D eigenvalue weighted by Gasteiger charge is -2.23. The first kappa shape index (κ1) is 17.2. The van der Waals surface area contributed by atoms with E-state index in [0.717, 1.165) is 22.3 Å². The largest absolute Gasteiger partial charge is 0.374 e. The van der Waals surface area contributed by atoms with Crippen molar-refractivity contribution in [2.75, 3.05) is 5.32 Å². The van der Waals surface area contributed by atoms with Gasteiger partial charge in [-0.1, -0.05) is 61.2 Å². The summed E-state index contributed by atoms with van der Waals surface area (Å²) in [7, 11) is 0. The molecule has 0 aliphatic rings. The Balaban J connectivity index is 1.77. The van der Waals surface area contributed by atoms with Crippen molar-refractivity contribution in [2.45, 2.75) is 19.9 Å². The first-order valence-corrected chi connectivity index (χ1v) is 9.27. The number of benzene rings is 3. The molecule has 0 spiro atoms. The third kappa shape index (κ3) is 3.52. The Labute approximate surface area is 160 Å². The first-order valence-electron chi connectivity index (χ1n) is 9.27. The molecule has 2 heteroatoms. The second kappa shape index (κ2) is 7.16. The second-order valence-corrected chi connectivity index (χ2v) is 7.14. The van der Waals surface area contributed by atoms with E-state index in [1.807, 2.05) is 12.1 Å². The van der Waals surface area contributed by atoms with Gasteiger partial charge in [-0.3, -0.25) is 0 Å². The van der Waals surface area contributed by atoms with Crippen molar-refractivity contribution in [3.05, 3.63) is 108 Å². The molecule has 4 aromatic rings. The normalized spacial score (nSPS) is 12.1. The Morgan fingerprint density at radius 1 is 0.889 bits per heavy atom. The van der Waals surface area contributed by atoms with E-state index in [1.54, 1.807) is 0 Å². The Kier molecular flexibility index (Phi) is 4.55. The molecule has 1 unspecified atom stereocenters. The summed E-state index contributed by atoms with van der Waals surface area (Å²) in [6.07, 6.45) is 2.06. The van der Waals surface area contributed by atoms with E-state index in [2.05, 4.69) is 97.6 Å². The van der Waals surface area contributed by atoms with Crippen LogP contribution in [-0.2, 0) is 0 Å². The molecule has 2 nitrogen and oxygen atoms in total. The van der Waals surface area contributed by atoms with Crippen LogP contribution in [0.4, 0.5) is 5.69 Å². The summed E-state index contributed by atoms with van der Waals surface area (Å²) in [6, 6.07) is 25.4. The molecule has 1 atom stereocenters. The van der Waals surface area contributed by atoms with Crippen molar-refractivity contribution in [3.63, 3.8) is 0 Å². The summed E-state index contributed by atoms with van der Waals surface area (Å²) in [5.74, 6) is 0. The zero-order chi connectivity index (χ0) is 18.8. The molecular weight excluding hydrogens is 328 g/mol. The molecular formula is C25H24N2. The number of rotatable bonds is 5. The molecule has 3 aromatic carbocycles. The number of H-pyrrole nitrogens is 1. The van der Waals surface area contributed by atoms with Gasteiger partial charge in [-0.2, -0.15) is 0 Å². The van der Waals surface area contributed by atoms with E-state index < -0.39 is 0 Å². The van der Waals surface area contributed by atoms with Gasteiger partial charge in [-0.25, -0.2) is 0 Å².